The second-order valence-corrected chi connectivity index (χ2v) is 3.25. The molecule has 0 amide bonds. The zero-order chi connectivity index (χ0) is 13.8. The van der Waals surface area contributed by atoms with Gasteiger partial charge in [0.2, 0.25) is 5.82 Å². The summed E-state index contributed by atoms with van der Waals surface area (Å²) >= 11 is 0. The number of halogens is 1. The van der Waals surface area contributed by atoms with E-state index in [-0.39, 0.29) is 5.56 Å². The predicted molar refractivity (Wildman–Crippen MR) is 62.2 cm³/mol. The van der Waals surface area contributed by atoms with Crippen molar-refractivity contribution in [3.63, 3.8) is 0 Å². The quantitative estimate of drug-likeness (QED) is 0.406. The SMILES string of the molecule is O=c1[nH]cc(F)c(=O)[nH]1.O=c1[nH]cnc2nc[nH]c12. The second-order valence-electron chi connectivity index (χ2n) is 3.25. The number of nitrogens with one attached hydrogen (secondary N) is 4. The standard InChI is InChI=1S/C5H4N4O.C4H3FN2O2/c10-5-3-4(7-1-6-3)8-2-9-5;5-2-1-6-4(9)7-3(2)8/h1-2H,(H2,6,7,8,9,10);1H,(H2,6,7,8,9). The molecule has 0 atom stereocenters. The highest BCUT2D eigenvalue weighted by atomic mass is 19.1. The minimum atomic E-state index is -1.00. The van der Waals surface area contributed by atoms with Crippen molar-refractivity contribution in [3.8, 4) is 0 Å². The van der Waals surface area contributed by atoms with Crippen molar-refractivity contribution in [3.05, 3.63) is 55.9 Å². The second kappa shape index (κ2) is 5.08. The summed E-state index contributed by atoms with van der Waals surface area (Å²) in [5.41, 5.74) is -1.03. The first-order valence-electron chi connectivity index (χ1n) is 4.92. The molecule has 0 saturated heterocycles. The molecule has 98 valence electrons. The van der Waals surface area contributed by atoms with E-state index in [2.05, 4.69) is 19.9 Å². The van der Waals surface area contributed by atoms with Crippen LogP contribution in [0.15, 0.2) is 33.2 Å². The van der Waals surface area contributed by atoms with Crippen LogP contribution in [0.4, 0.5) is 4.39 Å². The minimum absolute atomic E-state index is 0.192. The number of rotatable bonds is 0. The molecular formula is C9H7FN6O3. The topological polar surface area (TPSA) is 140 Å². The fraction of sp³-hybridized carbons (Fsp3) is 0. The van der Waals surface area contributed by atoms with Crippen LogP contribution < -0.4 is 16.8 Å². The molecule has 0 unspecified atom stereocenters. The lowest BCUT2D eigenvalue weighted by Crippen LogP contribution is -2.23. The van der Waals surface area contributed by atoms with Gasteiger partial charge in [0.25, 0.3) is 11.1 Å². The first-order chi connectivity index (χ1) is 9.08. The molecule has 0 aliphatic rings. The van der Waals surface area contributed by atoms with E-state index in [1.54, 1.807) is 4.98 Å². The number of aromatic amines is 4. The third kappa shape index (κ3) is 2.80. The molecule has 3 rings (SSSR count). The molecule has 0 saturated carbocycles. The van der Waals surface area contributed by atoms with Crippen molar-refractivity contribution >= 4 is 11.2 Å². The Kier molecular flexibility index (Phi) is 3.32. The Labute approximate surface area is 102 Å². The van der Waals surface area contributed by atoms with Gasteiger partial charge in [-0.1, -0.05) is 0 Å². The van der Waals surface area contributed by atoms with Crippen LogP contribution in [-0.2, 0) is 0 Å². The molecule has 3 aromatic rings. The molecule has 9 nitrogen and oxygen atoms in total. The third-order valence-corrected chi connectivity index (χ3v) is 2.00. The predicted octanol–water partition coefficient (Wildman–Crippen LogP) is -1.15. The number of H-pyrrole nitrogens is 4. The Morgan fingerprint density at radius 1 is 0.947 bits per heavy atom. The van der Waals surface area contributed by atoms with Crippen LogP contribution >= 0.6 is 0 Å². The summed E-state index contributed by atoms with van der Waals surface area (Å²) in [5, 5.41) is 0. The van der Waals surface area contributed by atoms with Crippen LogP contribution in [0.3, 0.4) is 0 Å². The molecule has 3 heterocycles. The van der Waals surface area contributed by atoms with E-state index >= 15 is 0 Å². The number of nitrogens with zero attached hydrogens (tertiary/aromatic N) is 2. The lowest BCUT2D eigenvalue weighted by molar-refractivity contribution is 0.597. The minimum Gasteiger partial charge on any atom is -0.339 e. The van der Waals surface area contributed by atoms with Gasteiger partial charge in [-0.05, 0) is 0 Å². The number of aromatic nitrogens is 6. The average Bonchev–Trinajstić information content (AvgIpc) is 2.85. The molecular weight excluding hydrogens is 259 g/mol. The molecule has 0 aliphatic carbocycles. The van der Waals surface area contributed by atoms with Gasteiger partial charge in [0.1, 0.15) is 0 Å². The van der Waals surface area contributed by atoms with E-state index < -0.39 is 17.1 Å². The van der Waals surface area contributed by atoms with Gasteiger partial charge in [0, 0.05) is 6.20 Å². The molecule has 3 aromatic heterocycles. The molecule has 4 N–H and O–H groups in total. The van der Waals surface area contributed by atoms with Gasteiger partial charge in [-0.2, -0.15) is 4.39 Å². The smallest absolute Gasteiger partial charge is 0.325 e. The summed E-state index contributed by atoms with van der Waals surface area (Å²) in [4.78, 5) is 47.6. The average molecular weight is 266 g/mol. The molecule has 0 bridgehead atoms. The van der Waals surface area contributed by atoms with Crippen LogP contribution in [0.25, 0.3) is 11.2 Å². The Hall–Kier alpha value is -3.04. The highest BCUT2D eigenvalue weighted by molar-refractivity contribution is 5.67. The van der Waals surface area contributed by atoms with Gasteiger partial charge >= 0.3 is 5.69 Å². The monoisotopic (exact) mass is 266 g/mol. The fourth-order valence-corrected chi connectivity index (χ4v) is 1.17. The first kappa shape index (κ1) is 12.4. The highest BCUT2D eigenvalue weighted by Gasteiger charge is 1.97. The van der Waals surface area contributed by atoms with Crippen LogP contribution in [0.1, 0.15) is 0 Å². The molecule has 0 aromatic carbocycles. The van der Waals surface area contributed by atoms with Crippen molar-refractivity contribution in [2.24, 2.45) is 0 Å². The number of fused-ring (bicyclic) bond motifs is 1. The number of hydrogen-bond donors (Lipinski definition) is 4. The van der Waals surface area contributed by atoms with Gasteiger partial charge in [-0.15, -0.1) is 0 Å². The van der Waals surface area contributed by atoms with E-state index in [1.165, 1.54) is 12.7 Å². The maximum atomic E-state index is 12.0. The van der Waals surface area contributed by atoms with Crippen molar-refractivity contribution in [2.75, 3.05) is 0 Å². The summed E-state index contributed by atoms with van der Waals surface area (Å²) in [5.74, 6) is -0.991. The summed E-state index contributed by atoms with van der Waals surface area (Å²) in [6.07, 6.45) is 3.47. The number of imidazole rings is 1. The Morgan fingerprint density at radius 3 is 2.21 bits per heavy atom. The van der Waals surface area contributed by atoms with E-state index in [1.807, 2.05) is 4.98 Å². The van der Waals surface area contributed by atoms with Crippen molar-refractivity contribution < 1.29 is 4.39 Å². The van der Waals surface area contributed by atoms with Crippen LogP contribution in [0.5, 0.6) is 0 Å². The molecule has 0 spiro atoms. The Morgan fingerprint density at radius 2 is 1.63 bits per heavy atom. The summed E-state index contributed by atoms with van der Waals surface area (Å²) in [6, 6.07) is 0. The zero-order valence-electron chi connectivity index (χ0n) is 9.23. The van der Waals surface area contributed by atoms with Gasteiger partial charge in [-0.25, -0.2) is 14.8 Å². The lowest BCUT2D eigenvalue weighted by atomic mass is 10.6. The van der Waals surface area contributed by atoms with Gasteiger partial charge in [-0.3, -0.25) is 14.6 Å². The normalized spacial score (nSPS) is 9.95. The van der Waals surface area contributed by atoms with E-state index in [0.29, 0.717) is 17.4 Å². The van der Waals surface area contributed by atoms with Crippen LogP contribution in [0, 0.1) is 5.82 Å². The molecule has 19 heavy (non-hydrogen) atoms. The third-order valence-electron chi connectivity index (χ3n) is 2.00. The van der Waals surface area contributed by atoms with Gasteiger partial charge in [0.15, 0.2) is 11.2 Å². The van der Waals surface area contributed by atoms with Crippen molar-refractivity contribution in [1.29, 1.82) is 0 Å². The van der Waals surface area contributed by atoms with Gasteiger partial charge in [0.05, 0.1) is 12.7 Å². The summed E-state index contributed by atoms with van der Waals surface area (Å²) in [7, 11) is 0. The summed E-state index contributed by atoms with van der Waals surface area (Å²) in [6.45, 7) is 0. The molecule has 0 aliphatic heterocycles. The van der Waals surface area contributed by atoms with E-state index in [0.717, 1.165) is 0 Å². The zero-order valence-corrected chi connectivity index (χ0v) is 9.23. The summed E-state index contributed by atoms with van der Waals surface area (Å²) < 4.78 is 12.0. The fourth-order valence-electron chi connectivity index (χ4n) is 1.17. The van der Waals surface area contributed by atoms with Gasteiger partial charge < -0.3 is 15.0 Å². The van der Waals surface area contributed by atoms with Crippen molar-refractivity contribution in [2.45, 2.75) is 0 Å². The van der Waals surface area contributed by atoms with E-state index in [4.69, 9.17) is 0 Å². The maximum absolute atomic E-state index is 12.0. The van der Waals surface area contributed by atoms with Crippen LogP contribution in [-0.4, -0.2) is 29.9 Å². The highest BCUT2D eigenvalue weighted by Crippen LogP contribution is 1.94. The number of hydrogen-bond acceptors (Lipinski definition) is 5. The maximum Gasteiger partial charge on any atom is 0.325 e. The largest absolute Gasteiger partial charge is 0.339 e. The lowest BCUT2D eigenvalue weighted by Gasteiger charge is -1.81. The van der Waals surface area contributed by atoms with E-state index in [9.17, 15) is 18.8 Å². The first-order valence-corrected chi connectivity index (χ1v) is 4.92. The molecule has 10 heteroatoms. The Bertz CT molecular complexity index is 860. The van der Waals surface area contributed by atoms with Crippen molar-refractivity contribution in [1.82, 2.24) is 29.9 Å². The molecule has 0 fully saturated rings. The Balaban J connectivity index is 0.000000141. The molecule has 0 radical (unpaired) electrons. The van der Waals surface area contributed by atoms with Crippen LogP contribution in [0.2, 0.25) is 0 Å².